The highest BCUT2D eigenvalue weighted by Crippen LogP contribution is 2.33. The van der Waals surface area contributed by atoms with Crippen LogP contribution in [-0.4, -0.2) is 29.7 Å². The predicted octanol–water partition coefficient (Wildman–Crippen LogP) is 1.71. The molecule has 0 aliphatic rings. The number of methoxy groups -OCH3 is 1. The minimum absolute atomic E-state index is 0.0229. The molecule has 18 heavy (non-hydrogen) atoms. The normalized spacial score (nSPS) is 10.9. The van der Waals surface area contributed by atoms with E-state index in [-0.39, 0.29) is 6.29 Å². The second-order valence-electron chi connectivity index (χ2n) is 2.82. The molecule has 0 N–H and O–H groups in total. The Hall–Kier alpha value is -2.39. The average molecular weight is 266 g/mol. The number of hydrogen-bond donors (Lipinski definition) is 0. The molecule has 0 spiro atoms. The molecule has 7 nitrogen and oxygen atoms in total. The van der Waals surface area contributed by atoms with Gasteiger partial charge >= 0.3 is 12.0 Å². The largest absolute Gasteiger partial charge is 0.574 e. The van der Waals surface area contributed by atoms with Crippen molar-refractivity contribution >= 4 is 12.0 Å². The first kappa shape index (κ1) is 13.7. The molecule has 0 saturated carbocycles. The van der Waals surface area contributed by atoms with Crippen molar-refractivity contribution in [2.24, 2.45) is 0 Å². The van der Waals surface area contributed by atoms with Gasteiger partial charge in [-0.25, -0.2) is 4.98 Å². The molecule has 0 bridgehead atoms. The summed E-state index contributed by atoms with van der Waals surface area (Å²) in [6, 6.07) is 0.416. The van der Waals surface area contributed by atoms with Crippen LogP contribution < -0.4 is 9.47 Å². The maximum absolute atomic E-state index is 11.9. The van der Waals surface area contributed by atoms with Crippen LogP contribution in [0.2, 0.25) is 0 Å². The smallest absolute Gasteiger partial charge is 0.489 e. The van der Waals surface area contributed by atoms with E-state index in [0.717, 1.165) is 7.11 Å². The molecular formula is C8H5F3N2O5. The summed E-state index contributed by atoms with van der Waals surface area (Å²) in [6.45, 7) is 0. The summed E-state index contributed by atoms with van der Waals surface area (Å²) in [5.41, 5.74) is -1.51. The Labute approximate surface area is 97.3 Å². The van der Waals surface area contributed by atoms with Crippen LogP contribution in [-0.2, 0) is 0 Å². The maximum Gasteiger partial charge on any atom is 0.574 e. The number of carbonyl (C=O) groups excluding carboxylic acids is 1. The van der Waals surface area contributed by atoms with Gasteiger partial charge in [0.25, 0.3) is 0 Å². The van der Waals surface area contributed by atoms with Crippen LogP contribution in [0.4, 0.5) is 18.9 Å². The van der Waals surface area contributed by atoms with Gasteiger partial charge in [0.2, 0.25) is 11.6 Å². The summed E-state index contributed by atoms with van der Waals surface area (Å²) in [4.78, 5) is 23.3. The average Bonchev–Trinajstić information content (AvgIpc) is 2.25. The predicted molar refractivity (Wildman–Crippen MR) is 49.5 cm³/mol. The molecule has 1 heterocycles. The number of pyridine rings is 1. The van der Waals surface area contributed by atoms with Gasteiger partial charge in [0.05, 0.1) is 18.1 Å². The summed E-state index contributed by atoms with van der Waals surface area (Å²) >= 11 is 0. The molecule has 0 amide bonds. The van der Waals surface area contributed by atoms with E-state index >= 15 is 0 Å². The highest BCUT2D eigenvalue weighted by atomic mass is 19.4. The lowest BCUT2D eigenvalue weighted by Gasteiger charge is -2.09. The zero-order valence-corrected chi connectivity index (χ0v) is 8.72. The Morgan fingerprint density at radius 2 is 2.11 bits per heavy atom. The van der Waals surface area contributed by atoms with Crippen molar-refractivity contribution in [2.45, 2.75) is 6.36 Å². The molecule has 0 aliphatic carbocycles. The van der Waals surface area contributed by atoms with E-state index < -0.39 is 34.3 Å². The first-order valence-electron chi connectivity index (χ1n) is 4.23. The van der Waals surface area contributed by atoms with Crippen LogP contribution in [0.5, 0.6) is 11.6 Å². The lowest BCUT2D eigenvalue weighted by molar-refractivity contribution is -0.386. The van der Waals surface area contributed by atoms with Crippen LogP contribution in [0.25, 0.3) is 0 Å². The molecule has 0 aromatic carbocycles. The molecule has 0 fully saturated rings. The van der Waals surface area contributed by atoms with Crippen LogP contribution >= 0.6 is 0 Å². The van der Waals surface area contributed by atoms with Crippen molar-refractivity contribution in [1.82, 2.24) is 4.98 Å². The molecular weight excluding hydrogens is 261 g/mol. The number of alkyl halides is 3. The second-order valence-corrected chi connectivity index (χ2v) is 2.82. The minimum atomic E-state index is -5.07. The van der Waals surface area contributed by atoms with E-state index in [0.29, 0.717) is 6.07 Å². The highest BCUT2D eigenvalue weighted by Gasteiger charge is 2.34. The van der Waals surface area contributed by atoms with Crippen molar-refractivity contribution < 1.29 is 32.4 Å². The summed E-state index contributed by atoms with van der Waals surface area (Å²) < 4.78 is 43.8. The first-order valence-corrected chi connectivity index (χ1v) is 4.23. The Balaban J connectivity index is 3.36. The van der Waals surface area contributed by atoms with Gasteiger partial charge in [-0.1, -0.05) is 0 Å². The van der Waals surface area contributed by atoms with Crippen LogP contribution in [0.15, 0.2) is 6.07 Å². The summed E-state index contributed by atoms with van der Waals surface area (Å²) in [6.07, 6.45) is -5.05. The number of halogens is 3. The molecule has 1 aromatic rings. The summed E-state index contributed by atoms with van der Waals surface area (Å²) in [5, 5.41) is 10.6. The molecule has 10 heteroatoms. The van der Waals surface area contributed by atoms with Crippen LogP contribution in [0.1, 0.15) is 10.5 Å². The zero-order chi connectivity index (χ0) is 13.9. The minimum Gasteiger partial charge on any atom is -0.489 e. The van der Waals surface area contributed by atoms with Crippen molar-refractivity contribution in [2.75, 3.05) is 7.11 Å². The zero-order valence-electron chi connectivity index (χ0n) is 8.72. The lowest BCUT2D eigenvalue weighted by Crippen LogP contribution is -2.18. The molecule has 0 atom stereocenters. The van der Waals surface area contributed by atoms with Gasteiger partial charge < -0.3 is 9.47 Å². The number of rotatable bonds is 4. The third-order valence-electron chi connectivity index (χ3n) is 1.69. The fourth-order valence-electron chi connectivity index (χ4n) is 1.11. The number of aldehydes is 1. The van der Waals surface area contributed by atoms with Crippen LogP contribution in [0, 0.1) is 10.1 Å². The Morgan fingerprint density at radius 3 is 2.50 bits per heavy atom. The van der Waals surface area contributed by atoms with E-state index in [4.69, 9.17) is 0 Å². The fraction of sp³-hybridized carbons (Fsp3) is 0.250. The van der Waals surface area contributed by atoms with Gasteiger partial charge in [0, 0.05) is 0 Å². The van der Waals surface area contributed by atoms with Crippen molar-refractivity contribution in [1.29, 1.82) is 0 Å². The molecule has 98 valence electrons. The van der Waals surface area contributed by atoms with Gasteiger partial charge in [-0.15, -0.1) is 13.2 Å². The number of aromatic nitrogens is 1. The standard InChI is InChI=1S/C8H5F3N2O5/c1-17-7-4(3-14)12-6(18-8(9,10)11)2-5(7)13(15)16/h2-3H,1H3. The van der Waals surface area contributed by atoms with E-state index in [1.165, 1.54) is 0 Å². The summed E-state index contributed by atoms with van der Waals surface area (Å²) in [7, 11) is 1.02. The monoisotopic (exact) mass is 266 g/mol. The SMILES string of the molecule is COc1c([N+](=O)[O-])cc(OC(F)(F)F)nc1C=O. The Bertz CT molecular complexity index is 488. The van der Waals surface area contributed by atoms with Crippen molar-refractivity contribution in [3.63, 3.8) is 0 Å². The lowest BCUT2D eigenvalue weighted by atomic mass is 10.3. The highest BCUT2D eigenvalue weighted by molar-refractivity contribution is 5.79. The fourth-order valence-corrected chi connectivity index (χ4v) is 1.11. The number of hydrogen-bond acceptors (Lipinski definition) is 6. The van der Waals surface area contributed by atoms with Gasteiger partial charge in [-0.3, -0.25) is 14.9 Å². The number of nitrogens with zero attached hydrogens (tertiary/aromatic N) is 2. The number of ether oxygens (including phenoxy) is 2. The van der Waals surface area contributed by atoms with Crippen molar-refractivity contribution in [3.8, 4) is 11.6 Å². The maximum atomic E-state index is 11.9. The molecule has 0 radical (unpaired) electrons. The first-order chi connectivity index (χ1) is 8.28. The van der Waals surface area contributed by atoms with Gasteiger partial charge in [0.15, 0.2) is 12.0 Å². The van der Waals surface area contributed by atoms with Gasteiger partial charge in [-0.2, -0.15) is 0 Å². The van der Waals surface area contributed by atoms with Crippen LogP contribution in [0.3, 0.4) is 0 Å². The number of carbonyl (C=O) groups is 1. The molecule has 0 saturated heterocycles. The van der Waals surface area contributed by atoms with E-state index in [1.54, 1.807) is 0 Å². The Kier molecular flexibility index (Phi) is 3.69. The molecule has 0 aliphatic heterocycles. The second kappa shape index (κ2) is 4.85. The quantitative estimate of drug-likeness (QED) is 0.468. The van der Waals surface area contributed by atoms with E-state index in [9.17, 15) is 28.1 Å². The molecule has 1 aromatic heterocycles. The third kappa shape index (κ3) is 3.06. The third-order valence-corrected chi connectivity index (χ3v) is 1.69. The molecule has 0 unspecified atom stereocenters. The van der Waals surface area contributed by atoms with E-state index in [1.807, 2.05) is 0 Å². The summed E-state index contributed by atoms with van der Waals surface area (Å²) in [5.74, 6) is -1.65. The van der Waals surface area contributed by atoms with Crippen molar-refractivity contribution in [3.05, 3.63) is 21.9 Å². The topological polar surface area (TPSA) is 91.6 Å². The van der Waals surface area contributed by atoms with E-state index in [2.05, 4.69) is 14.5 Å². The molecule has 1 rings (SSSR count). The van der Waals surface area contributed by atoms with Gasteiger partial charge in [-0.05, 0) is 0 Å². The number of nitro groups is 1. The van der Waals surface area contributed by atoms with Gasteiger partial charge in [0.1, 0.15) is 0 Å². The Morgan fingerprint density at radius 1 is 1.50 bits per heavy atom.